The lowest BCUT2D eigenvalue weighted by molar-refractivity contribution is -0.394. The molecule has 1 heterocycles. The second-order valence-electron chi connectivity index (χ2n) is 6.47. The minimum atomic E-state index is -0.796. The van der Waals surface area contributed by atoms with Crippen LogP contribution in [0.5, 0.6) is 5.75 Å². The summed E-state index contributed by atoms with van der Waals surface area (Å²) in [6.45, 7) is 4.49. The van der Waals surface area contributed by atoms with Gasteiger partial charge < -0.3 is 9.30 Å². The molecule has 2 aromatic carbocycles. The predicted molar refractivity (Wildman–Crippen MR) is 111 cm³/mol. The second kappa shape index (κ2) is 8.41. The molecule has 0 unspecified atom stereocenters. The fraction of sp³-hybridized carbons (Fsp3) is 0.263. The first kappa shape index (κ1) is 21.1. The molecule has 11 heteroatoms. The first-order chi connectivity index (χ1) is 14.3. The number of hydrogen-bond donors (Lipinski definition) is 0. The summed E-state index contributed by atoms with van der Waals surface area (Å²) in [5, 5.41) is 22.2. The summed E-state index contributed by atoms with van der Waals surface area (Å²) < 4.78 is 8.22. The van der Waals surface area contributed by atoms with Crippen molar-refractivity contribution in [2.75, 3.05) is 7.11 Å². The molecule has 0 aliphatic carbocycles. The molecule has 0 saturated heterocycles. The second-order valence-corrected chi connectivity index (χ2v) is 7.45. The normalized spacial score (nSPS) is 11.6. The van der Waals surface area contributed by atoms with Crippen molar-refractivity contribution in [2.45, 2.75) is 26.8 Å². The monoisotopic (exact) mass is 430 g/mol. The minimum absolute atomic E-state index is 0.222. The average molecular weight is 430 g/mol. The number of ether oxygens (including phenoxy) is 1. The molecule has 0 radical (unpaired) electrons. The van der Waals surface area contributed by atoms with Gasteiger partial charge in [0.2, 0.25) is 0 Å². The van der Waals surface area contributed by atoms with Gasteiger partial charge in [0.05, 0.1) is 33.3 Å². The molecule has 0 aliphatic heterocycles. The Labute approximate surface area is 174 Å². The lowest BCUT2D eigenvalue weighted by atomic mass is 10.1. The van der Waals surface area contributed by atoms with Crippen molar-refractivity contribution < 1.29 is 19.4 Å². The summed E-state index contributed by atoms with van der Waals surface area (Å²) in [6.07, 6.45) is 0.770. The largest absolute Gasteiger partial charge is 0.495 e. The van der Waals surface area contributed by atoms with Gasteiger partial charge in [-0.25, -0.2) is 0 Å². The summed E-state index contributed by atoms with van der Waals surface area (Å²) in [5.74, 6) is -0.157. The summed E-state index contributed by atoms with van der Waals surface area (Å²) in [4.78, 5) is 37.9. The van der Waals surface area contributed by atoms with Crippen LogP contribution in [0.2, 0.25) is 0 Å². The number of carbonyl (C=O) groups excluding carboxylic acids is 1. The number of thiazole rings is 1. The quantitative estimate of drug-likeness (QED) is 0.429. The molecular weight excluding hydrogens is 412 g/mol. The van der Waals surface area contributed by atoms with E-state index in [1.165, 1.54) is 11.3 Å². The van der Waals surface area contributed by atoms with Gasteiger partial charge in [0.15, 0.2) is 4.80 Å². The Morgan fingerprint density at radius 3 is 2.33 bits per heavy atom. The van der Waals surface area contributed by atoms with Crippen LogP contribution in [0.3, 0.4) is 0 Å². The Hall–Kier alpha value is -3.60. The molecule has 0 atom stereocenters. The maximum absolute atomic E-state index is 12.8. The Balaban J connectivity index is 2.23. The number of non-ortho nitro benzene ring substituents is 2. The molecule has 3 rings (SSSR count). The molecule has 0 aliphatic rings. The molecule has 1 aromatic heterocycles. The molecule has 0 saturated carbocycles. The Bertz CT molecular complexity index is 1210. The van der Waals surface area contributed by atoms with E-state index in [4.69, 9.17) is 4.74 Å². The first-order valence-electron chi connectivity index (χ1n) is 8.96. The van der Waals surface area contributed by atoms with Crippen molar-refractivity contribution in [2.24, 2.45) is 4.99 Å². The van der Waals surface area contributed by atoms with Crippen molar-refractivity contribution in [1.82, 2.24) is 4.57 Å². The van der Waals surface area contributed by atoms with Gasteiger partial charge in [-0.3, -0.25) is 25.0 Å². The van der Waals surface area contributed by atoms with Gasteiger partial charge in [0.25, 0.3) is 17.3 Å². The van der Waals surface area contributed by atoms with Crippen molar-refractivity contribution in [3.8, 4) is 5.75 Å². The van der Waals surface area contributed by atoms with Crippen molar-refractivity contribution in [1.29, 1.82) is 0 Å². The van der Waals surface area contributed by atoms with Crippen LogP contribution in [0.1, 0.15) is 29.3 Å². The number of nitrogens with zero attached hydrogens (tertiary/aromatic N) is 4. The number of nitro benzene ring substituents is 2. The summed E-state index contributed by atoms with van der Waals surface area (Å²) in [7, 11) is 1.56. The number of carbonyl (C=O) groups is 1. The lowest BCUT2D eigenvalue weighted by Crippen LogP contribution is -2.17. The van der Waals surface area contributed by atoms with Crippen LogP contribution in [-0.2, 0) is 6.54 Å². The zero-order chi connectivity index (χ0) is 22.0. The van der Waals surface area contributed by atoms with E-state index in [2.05, 4.69) is 4.99 Å². The third-order valence-electron chi connectivity index (χ3n) is 4.42. The van der Waals surface area contributed by atoms with Crippen molar-refractivity contribution in [3.05, 3.63) is 66.5 Å². The fourth-order valence-corrected chi connectivity index (χ4v) is 4.18. The van der Waals surface area contributed by atoms with Gasteiger partial charge in [-0.15, -0.1) is 0 Å². The number of rotatable bonds is 6. The van der Waals surface area contributed by atoms with Crippen LogP contribution >= 0.6 is 11.3 Å². The van der Waals surface area contributed by atoms with Crippen LogP contribution in [0.4, 0.5) is 11.4 Å². The van der Waals surface area contributed by atoms with Crippen LogP contribution < -0.4 is 9.54 Å². The third-order valence-corrected chi connectivity index (χ3v) is 5.63. The molecule has 156 valence electrons. The van der Waals surface area contributed by atoms with Gasteiger partial charge in [0.1, 0.15) is 11.3 Å². The number of fused-ring (bicyclic) bond motifs is 1. The Kier molecular flexibility index (Phi) is 5.92. The highest BCUT2D eigenvalue weighted by Gasteiger charge is 2.20. The predicted octanol–water partition coefficient (Wildman–Crippen LogP) is 3.99. The molecule has 0 N–H and O–H groups in total. The van der Waals surface area contributed by atoms with E-state index in [1.54, 1.807) is 7.11 Å². The van der Waals surface area contributed by atoms with E-state index in [9.17, 15) is 25.0 Å². The maximum atomic E-state index is 12.8. The van der Waals surface area contributed by atoms with Gasteiger partial charge in [-0.05, 0) is 25.0 Å². The van der Waals surface area contributed by atoms with Gasteiger partial charge >= 0.3 is 0 Å². The topological polar surface area (TPSA) is 130 Å². The zero-order valence-electron chi connectivity index (χ0n) is 16.4. The van der Waals surface area contributed by atoms with Gasteiger partial charge in [0, 0.05) is 18.7 Å². The van der Waals surface area contributed by atoms with Crippen LogP contribution in [0.25, 0.3) is 10.2 Å². The third kappa shape index (κ3) is 3.92. The van der Waals surface area contributed by atoms with E-state index in [1.807, 2.05) is 30.5 Å². The Morgan fingerprint density at radius 2 is 1.80 bits per heavy atom. The highest BCUT2D eigenvalue weighted by molar-refractivity contribution is 7.16. The van der Waals surface area contributed by atoms with E-state index in [0.717, 1.165) is 40.4 Å². The standard InChI is InChI=1S/C19H18N4O6S/c1-4-7-21-16-15(29-3)6-5-11(2)17(16)30-19(21)20-18(24)12-8-13(22(25)26)10-14(9-12)23(27)28/h5-6,8-10H,4,7H2,1-3H3. The number of nitro groups is 2. The summed E-state index contributed by atoms with van der Waals surface area (Å²) in [5.41, 5.74) is 0.484. The minimum Gasteiger partial charge on any atom is -0.495 e. The number of aryl methyl sites for hydroxylation is 2. The number of benzene rings is 2. The molecule has 0 bridgehead atoms. The van der Waals surface area contributed by atoms with Crippen LogP contribution in [-0.4, -0.2) is 27.4 Å². The average Bonchev–Trinajstić information content (AvgIpc) is 3.07. The lowest BCUT2D eigenvalue weighted by Gasteiger charge is -2.08. The van der Waals surface area contributed by atoms with Crippen LogP contribution in [0, 0.1) is 27.2 Å². The first-order valence-corrected chi connectivity index (χ1v) is 9.78. The van der Waals surface area contributed by atoms with E-state index in [0.29, 0.717) is 17.1 Å². The number of aromatic nitrogens is 1. The van der Waals surface area contributed by atoms with Crippen molar-refractivity contribution >= 4 is 38.8 Å². The molecule has 10 nitrogen and oxygen atoms in total. The SMILES string of the molecule is CCCn1c(=NC(=O)c2cc([N+](=O)[O-])cc([N+](=O)[O-])c2)sc2c(C)ccc(OC)c21. The molecule has 30 heavy (non-hydrogen) atoms. The highest BCUT2D eigenvalue weighted by Crippen LogP contribution is 2.30. The molecular formula is C19H18N4O6S. The summed E-state index contributed by atoms with van der Waals surface area (Å²) >= 11 is 1.29. The smallest absolute Gasteiger partial charge is 0.280 e. The fourth-order valence-electron chi connectivity index (χ4n) is 3.04. The van der Waals surface area contributed by atoms with Crippen molar-refractivity contribution in [3.63, 3.8) is 0 Å². The number of amides is 1. The molecule has 3 aromatic rings. The zero-order valence-corrected chi connectivity index (χ0v) is 17.3. The van der Waals surface area contributed by atoms with E-state index < -0.39 is 27.1 Å². The molecule has 1 amide bonds. The Morgan fingerprint density at radius 1 is 1.17 bits per heavy atom. The maximum Gasteiger partial charge on any atom is 0.280 e. The van der Waals surface area contributed by atoms with Crippen LogP contribution in [0.15, 0.2) is 35.3 Å². The van der Waals surface area contributed by atoms with Gasteiger partial charge in [-0.1, -0.05) is 24.3 Å². The molecule has 0 spiro atoms. The number of hydrogen-bond acceptors (Lipinski definition) is 7. The van der Waals surface area contributed by atoms with E-state index in [-0.39, 0.29) is 5.56 Å². The summed E-state index contributed by atoms with van der Waals surface area (Å²) in [6, 6.07) is 6.53. The molecule has 0 fully saturated rings. The highest BCUT2D eigenvalue weighted by atomic mass is 32.1. The van der Waals surface area contributed by atoms with E-state index >= 15 is 0 Å². The number of methoxy groups -OCH3 is 1. The van der Waals surface area contributed by atoms with Gasteiger partial charge in [-0.2, -0.15) is 4.99 Å².